The molecule has 0 saturated heterocycles. The summed E-state index contributed by atoms with van der Waals surface area (Å²) < 4.78 is 53.6. The average Bonchev–Trinajstić information content (AvgIpc) is 2.37. The van der Waals surface area contributed by atoms with Crippen LogP contribution in [0.2, 0.25) is 0 Å². The van der Waals surface area contributed by atoms with Crippen molar-refractivity contribution in [2.24, 2.45) is 0 Å². The van der Waals surface area contributed by atoms with Crippen LogP contribution in [0.15, 0.2) is 29.2 Å². The van der Waals surface area contributed by atoms with Crippen molar-refractivity contribution in [3.63, 3.8) is 0 Å². The predicted octanol–water partition coefficient (Wildman–Crippen LogP) is 0.448. The number of sulfonamides is 1. The Morgan fingerprint density at radius 3 is 2.14 bits per heavy atom. The van der Waals surface area contributed by atoms with Gasteiger partial charge in [0, 0.05) is 26.2 Å². The fraction of sp³-hybridized carbons (Fsp3) is 0.538. The third kappa shape index (κ3) is 5.65. The SMILES string of the molecule is Cc1ccc(S(=O)(=O)N(C)CCNS(=O)(=O)NC(C)C)cc1. The van der Waals surface area contributed by atoms with E-state index in [9.17, 15) is 16.8 Å². The van der Waals surface area contributed by atoms with E-state index < -0.39 is 20.2 Å². The summed E-state index contributed by atoms with van der Waals surface area (Å²) in [4.78, 5) is 0.184. The van der Waals surface area contributed by atoms with Gasteiger partial charge in [0.15, 0.2) is 0 Å². The number of hydrogen-bond acceptors (Lipinski definition) is 4. The topological polar surface area (TPSA) is 95.6 Å². The largest absolute Gasteiger partial charge is 0.277 e. The van der Waals surface area contributed by atoms with Gasteiger partial charge in [-0.25, -0.2) is 13.1 Å². The van der Waals surface area contributed by atoms with Gasteiger partial charge in [-0.05, 0) is 32.9 Å². The standard InChI is InChI=1S/C13H23N3O4S2/c1-11(2)15-22(19,20)14-9-10-16(4)21(17,18)13-7-5-12(3)6-8-13/h5-8,11,14-15H,9-10H2,1-4H3. The van der Waals surface area contributed by atoms with E-state index in [0.29, 0.717) is 0 Å². The normalized spacial score (nSPS) is 13.0. The van der Waals surface area contributed by atoms with Crippen LogP contribution in [-0.4, -0.2) is 47.3 Å². The zero-order valence-corrected chi connectivity index (χ0v) is 14.8. The van der Waals surface area contributed by atoms with E-state index >= 15 is 0 Å². The maximum absolute atomic E-state index is 12.3. The van der Waals surface area contributed by atoms with E-state index in [-0.39, 0.29) is 24.0 Å². The number of nitrogens with one attached hydrogen (secondary N) is 2. The zero-order chi connectivity index (χ0) is 17.0. The molecule has 0 unspecified atom stereocenters. The van der Waals surface area contributed by atoms with Crippen LogP contribution < -0.4 is 9.44 Å². The number of likely N-dealkylation sites (N-methyl/N-ethyl adjacent to an activating group) is 1. The molecule has 1 aromatic rings. The molecule has 0 aliphatic carbocycles. The molecule has 0 saturated carbocycles. The van der Waals surface area contributed by atoms with Crippen LogP contribution in [0.5, 0.6) is 0 Å². The Balaban J connectivity index is 2.65. The second-order valence-corrected chi connectivity index (χ2v) is 8.89. The summed E-state index contributed by atoms with van der Waals surface area (Å²) >= 11 is 0. The summed E-state index contributed by atoms with van der Waals surface area (Å²) in [5, 5.41) is 0. The number of hydrogen-bond donors (Lipinski definition) is 2. The van der Waals surface area contributed by atoms with Gasteiger partial charge in [-0.1, -0.05) is 17.7 Å². The van der Waals surface area contributed by atoms with E-state index in [1.807, 2.05) is 6.92 Å². The molecule has 0 bridgehead atoms. The van der Waals surface area contributed by atoms with E-state index in [1.54, 1.807) is 26.0 Å². The molecule has 0 atom stereocenters. The number of nitrogens with zero attached hydrogens (tertiary/aromatic N) is 1. The summed E-state index contributed by atoms with van der Waals surface area (Å²) in [6, 6.07) is 6.27. The molecular weight excluding hydrogens is 326 g/mol. The lowest BCUT2D eigenvalue weighted by molar-refractivity contribution is 0.467. The highest BCUT2D eigenvalue weighted by Crippen LogP contribution is 2.14. The fourth-order valence-corrected chi connectivity index (χ4v) is 3.94. The minimum Gasteiger partial charge on any atom is -0.207 e. The van der Waals surface area contributed by atoms with Crippen LogP contribution in [0.4, 0.5) is 0 Å². The van der Waals surface area contributed by atoms with E-state index in [4.69, 9.17) is 0 Å². The Kier molecular flexibility index (Phi) is 6.50. The Hall–Kier alpha value is -1.00. The molecule has 0 spiro atoms. The molecule has 0 radical (unpaired) electrons. The second-order valence-electron chi connectivity index (χ2n) is 5.31. The molecule has 2 N–H and O–H groups in total. The first kappa shape index (κ1) is 19.0. The molecule has 9 heteroatoms. The summed E-state index contributed by atoms with van der Waals surface area (Å²) in [5.74, 6) is 0. The highest BCUT2D eigenvalue weighted by Gasteiger charge is 2.21. The Bertz CT molecular complexity index is 683. The van der Waals surface area contributed by atoms with Crippen molar-refractivity contribution in [1.82, 2.24) is 13.7 Å². The lowest BCUT2D eigenvalue weighted by atomic mass is 10.2. The van der Waals surface area contributed by atoms with E-state index in [1.165, 1.54) is 19.2 Å². The fourth-order valence-electron chi connectivity index (χ4n) is 1.70. The Morgan fingerprint density at radius 1 is 1.09 bits per heavy atom. The summed E-state index contributed by atoms with van der Waals surface area (Å²) in [6.45, 7) is 5.30. The van der Waals surface area contributed by atoms with Crippen molar-refractivity contribution in [1.29, 1.82) is 0 Å². The average molecular weight is 349 g/mol. The van der Waals surface area contributed by atoms with E-state index in [2.05, 4.69) is 9.44 Å². The van der Waals surface area contributed by atoms with Gasteiger partial charge in [0.25, 0.3) is 10.2 Å². The van der Waals surface area contributed by atoms with Gasteiger partial charge in [-0.2, -0.15) is 17.4 Å². The van der Waals surface area contributed by atoms with E-state index in [0.717, 1.165) is 9.87 Å². The summed E-state index contributed by atoms with van der Waals surface area (Å²) in [5.41, 5.74) is 0.967. The van der Waals surface area contributed by atoms with Gasteiger partial charge < -0.3 is 0 Å². The Morgan fingerprint density at radius 2 is 1.64 bits per heavy atom. The number of rotatable bonds is 8. The van der Waals surface area contributed by atoms with Crippen molar-refractivity contribution < 1.29 is 16.8 Å². The van der Waals surface area contributed by atoms with Crippen LogP contribution in [0.1, 0.15) is 19.4 Å². The quantitative estimate of drug-likeness (QED) is 0.712. The molecule has 0 aromatic heterocycles. The van der Waals surface area contributed by atoms with Crippen molar-refractivity contribution in [2.75, 3.05) is 20.1 Å². The van der Waals surface area contributed by atoms with Crippen LogP contribution in [-0.2, 0) is 20.2 Å². The summed E-state index contributed by atoms with van der Waals surface area (Å²) in [6.07, 6.45) is 0. The van der Waals surface area contributed by atoms with Gasteiger partial charge in [0.2, 0.25) is 10.0 Å². The van der Waals surface area contributed by atoms with Gasteiger partial charge >= 0.3 is 0 Å². The Labute approximate surface area is 133 Å². The highest BCUT2D eigenvalue weighted by atomic mass is 32.2. The molecule has 22 heavy (non-hydrogen) atoms. The minimum atomic E-state index is -3.62. The second kappa shape index (κ2) is 7.51. The van der Waals surface area contributed by atoms with Gasteiger partial charge in [-0.3, -0.25) is 0 Å². The molecule has 0 aliphatic heterocycles. The maximum atomic E-state index is 12.3. The maximum Gasteiger partial charge on any atom is 0.277 e. The third-order valence-electron chi connectivity index (χ3n) is 2.84. The zero-order valence-electron chi connectivity index (χ0n) is 13.2. The first-order valence-electron chi connectivity index (χ1n) is 6.84. The lowest BCUT2D eigenvalue weighted by Crippen LogP contribution is -2.43. The monoisotopic (exact) mass is 349 g/mol. The highest BCUT2D eigenvalue weighted by molar-refractivity contribution is 7.89. The van der Waals surface area contributed by atoms with Crippen molar-refractivity contribution >= 4 is 20.2 Å². The van der Waals surface area contributed by atoms with Gasteiger partial charge in [0.1, 0.15) is 0 Å². The van der Waals surface area contributed by atoms with Crippen LogP contribution in [0.25, 0.3) is 0 Å². The molecule has 7 nitrogen and oxygen atoms in total. The molecule has 0 fully saturated rings. The molecular formula is C13H23N3O4S2. The molecule has 0 aliphatic rings. The third-order valence-corrected chi connectivity index (χ3v) is 6.08. The first-order chi connectivity index (χ1) is 10.0. The van der Waals surface area contributed by atoms with Gasteiger partial charge in [0.05, 0.1) is 4.90 Å². The molecule has 1 aromatic carbocycles. The van der Waals surface area contributed by atoms with Crippen molar-refractivity contribution in [3.8, 4) is 0 Å². The van der Waals surface area contributed by atoms with Crippen molar-refractivity contribution in [3.05, 3.63) is 29.8 Å². The van der Waals surface area contributed by atoms with Crippen LogP contribution in [0, 0.1) is 6.92 Å². The lowest BCUT2D eigenvalue weighted by Gasteiger charge is -2.18. The molecule has 0 heterocycles. The summed E-state index contributed by atoms with van der Waals surface area (Å²) in [7, 11) is -5.82. The first-order valence-corrected chi connectivity index (χ1v) is 9.77. The molecule has 1 rings (SSSR count). The van der Waals surface area contributed by atoms with Crippen molar-refractivity contribution in [2.45, 2.75) is 31.7 Å². The van der Waals surface area contributed by atoms with Crippen LogP contribution >= 0.6 is 0 Å². The molecule has 0 amide bonds. The van der Waals surface area contributed by atoms with Gasteiger partial charge in [-0.15, -0.1) is 0 Å². The van der Waals surface area contributed by atoms with Crippen LogP contribution in [0.3, 0.4) is 0 Å². The smallest absolute Gasteiger partial charge is 0.207 e. The minimum absolute atomic E-state index is 0.0103. The predicted molar refractivity (Wildman–Crippen MR) is 86.2 cm³/mol. The number of aryl methyl sites for hydroxylation is 1. The number of benzene rings is 1. The molecule has 126 valence electrons.